The van der Waals surface area contributed by atoms with E-state index in [-0.39, 0.29) is 9.83 Å². The number of H-pyrrole nitrogens is 1. The van der Waals surface area contributed by atoms with Gasteiger partial charge in [0.2, 0.25) is 5.91 Å². The molecule has 1 unspecified atom stereocenters. The maximum absolute atomic E-state index is 11.7. The van der Waals surface area contributed by atoms with E-state index in [1.54, 1.807) is 7.11 Å². The van der Waals surface area contributed by atoms with Gasteiger partial charge in [0.25, 0.3) is 0 Å². The van der Waals surface area contributed by atoms with Crippen molar-refractivity contribution in [1.29, 1.82) is 0 Å². The lowest BCUT2D eigenvalue weighted by Crippen LogP contribution is -2.32. The Labute approximate surface area is 132 Å². The largest absolute Gasteiger partial charge is 0.497 e. The first-order valence-electron chi connectivity index (χ1n) is 6.71. The lowest BCUT2D eigenvalue weighted by molar-refractivity contribution is -0.120. The summed E-state index contributed by atoms with van der Waals surface area (Å²) < 4.78 is 5.30. The molecule has 0 saturated heterocycles. The Morgan fingerprint density at radius 1 is 1.50 bits per heavy atom. The zero-order valence-corrected chi connectivity index (χ0v) is 13.9. The highest BCUT2D eigenvalue weighted by atomic mass is 127. The number of rotatable bonds is 6. The predicted octanol–water partition coefficient (Wildman–Crippen LogP) is 3.05. The highest BCUT2D eigenvalue weighted by molar-refractivity contribution is 14.1. The molecule has 0 aliphatic heterocycles. The molecule has 20 heavy (non-hydrogen) atoms. The number of halogens is 1. The van der Waals surface area contributed by atoms with Gasteiger partial charge in [0, 0.05) is 23.6 Å². The number of alkyl halides is 1. The molecule has 1 heterocycles. The molecule has 2 N–H and O–H groups in total. The van der Waals surface area contributed by atoms with Crippen molar-refractivity contribution in [2.75, 3.05) is 13.7 Å². The van der Waals surface area contributed by atoms with Gasteiger partial charge >= 0.3 is 0 Å². The van der Waals surface area contributed by atoms with Crippen molar-refractivity contribution in [2.24, 2.45) is 0 Å². The highest BCUT2D eigenvalue weighted by Gasteiger charge is 2.11. The van der Waals surface area contributed by atoms with Crippen molar-refractivity contribution >= 4 is 39.4 Å². The minimum absolute atomic E-state index is 0.0515. The molecule has 1 aromatic carbocycles. The van der Waals surface area contributed by atoms with Crippen LogP contribution in [0.25, 0.3) is 10.9 Å². The first-order chi connectivity index (χ1) is 9.65. The summed E-state index contributed by atoms with van der Waals surface area (Å²) in [6, 6.07) is 5.97. The molecular formula is C15H19IN2O2. The van der Waals surface area contributed by atoms with E-state index in [1.807, 2.05) is 31.3 Å². The van der Waals surface area contributed by atoms with Crippen LogP contribution in [0.4, 0.5) is 0 Å². The van der Waals surface area contributed by atoms with Crippen molar-refractivity contribution in [3.05, 3.63) is 30.0 Å². The topological polar surface area (TPSA) is 54.1 Å². The van der Waals surface area contributed by atoms with E-state index >= 15 is 0 Å². The zero-order valence-electron chi connectivity index (χ0n) is 11.7. The quantitative estimate of drug-likeness (QED) is 0.593. The third kappa shape index (κ3) is 3.45. The van der Waals surface area contributed by atoms with Crippen molar-refractivity contribution in [1.82, 2.24) is 10.3 Å². The number of carbonyl (C=O) groups is 1. The number of hydrogen-bond acceptors (Lipinski definition) is 2. The van der Waals surface area contributed by atoms with E-state index in [0.29, 0.717) is 6.54 Å². The number of ether oxygens (including phenoxy) is 1. The van der Waals surface area contributed by atoms with E-state index in [0.717, 1.165) is 29.5 Å². The van der Waals surface area contributed by atoms with Crippen LogP contribution in [-0.2, 0) is 11.2 Å². The minimum Gasteiger partial charge on any atom is -0.497 e. The molecule has 1 atom stereocenters. The van der Waals surface area contributed by atoms with Crippen LogP contribution in [0.1, 0.15) is 18.9 Å². The first-order valence-corrected chi connectivity index (χ1v) is 7.96. The molecule has 2 aromatic rings. The number of hydrogen-bond donors (Lipinski definition) is 2. The second kappa shape index (κ2) is 6.97. The van der Waals surface area contributed by atoms with Crippen molar-refractivity contribution in [2.45, 2.75) is 23.7 Å². The van der Waals surface area contributed by atoms with Crippen LogP contribution in [-0.4, -0.2) is 28.5 Å². The summed E-state index contributed by atoms with van der Waals surface area (Å²) in [4.78, 5) is 15.0. The summed E-state index contributed by atoms with van der Waals surface area (Å²) in [6.45, 7) is 2.67. The van der Waals surface area contributed by atoms with Gasteiger partial charge in [-0.3, -0.25) is 4.79 Å². The maximum atomic E-state index is 11.7. The van der Waals surface area contributed by atoms with Gasteiger partial charge in [-0.15, -0.1) is 0 Å². The average molecular weight is 386 g/mol. The Balaban J connectivity index is 2.01. The minimum atomic E-state index is 0.0515. The molecule has 1 aromatic heterocycles. The van der Waals surface area contributed by atoms with Gasteiger partial charge in [0.15, 0.2) is 0 Å². The van der Waals surface area contributed by atoms with Crippen LogP contribution in [0.15, 0.2) is 24.4 Å². The SMILES string of the molecule is CCC(I)C(=O)NCCc1c[nH]c2ccc(OC)cc12. The highest BCUT2D eigenvalue weighted by Crippen LogP contribution is 2.23. The Kier molecular flexibility index (Phi) is 5.28. The predicted molar refractivity (Wildman–Crippen MR) is 89.7 cm³/mol. The smallest absolute Gasteiger partial charge is 0.232 e. The van der Waals surface area contributed by atoms with Gasteiger partial charge in [0.1, 0.15) is 5.75 Å². The third-order valence-electron chi connectivity index (χ3n) is 3.31. The standard InChI is InChI=1S/C15H19IN2O2/c1-3-13(16)15(19)17-7-6-10-9-18-14-5-4-11(20-2)8-12(10)14/h4-5,8-9,13,18H,3,6-7H2,1-2H3,(H,17,19). The Bertz CT molecular complexity index is 595. The first kappa shape index (κ1) is 15.2. The molecule has 0 aliphatic rings. The number of amides is 1. The van der Waals surface area contributed by atoms with E-state index in [4.69, 9.17) is 4.74 Å². The third-order valence-corrected chi connectivity index (χ3v) is 4.76. The lowest BCUT2D eigenvalue weighted by Gasteiger charge is -2.08. The van der Waals surface area contributed by atoms with Crippen molar-refractivity contribution in [3.63, 3.8) is 0 Å². The molecule has 0 saturated carbocycles. The molecule has 0 bridgehead atoms. The summed E-state index contributed by atoms with van der Waals surface area (Å²) in [7, 11) is 1.67. The van der Waals surface area contributed by atoms with Crippen LogP contribution < -0.4 is 10.1 Å². The average Bonchev–Trinajstić information content (AvgIpc) is 2.88. The van der Waals surface area contributed by atoms with Gasteiger partial charge in [0.05, 0.1) is 11.0 Å². The number of fused-ring (bicyclic) bond motifs is 1. The normalized spacial score (nSPS) is 12.3. The van der Waals surface area contributed by atoms with Crippen molar-refractivity contribution in [3.8, 4) is 5.75 Å². The lowest BCUT2D eigenvalue weighted by atomic mass is 10.1. The van der Waals surface area contributed by atoms with Crippen LogP contribution >= 0.6 is 22.6 Å². The second-order valence-electron chi connectivity index (χ2n) is 4.64. The summed E-state index contributed by atoms with van der Waals surface area (Å²) in [5, 5.41) is 4.13. The molecule has 0 radical (unpaired) electrons. The number of aromatic nitrogens is 1. The van der Waals surface area contributed by atoms with E-state index < -0.39 is 0 Å². The molecule has 0 aliphatic carbocycles. The van der Waals surface area contributed by atoms with Crippen LogP contribution in [0, 0.1) is 0 Å². The molecule has 5 heteroatoms. The summed E-state index contributed by atoms with van der Waals surface area (Å²) in [5.41, 5.74) is 2.29. The van der Waals surface area contributed by atoms with Crippen LogP contribution in [0.3, 0.4) is 0 Å². The van der Waals surface area contributed by atoms with Gasteiger partial charge < -0.3 is 15.0 Å². The summed E-state index contributed by atoms with van der Waals surface area (Å²) in [5.74, 6) is 0.964. The van der Waals surface area contributed by atoms with Crippen LogP contribution in [0.2, 0.25) is 0 Å². The molecule has 4 nitrogen and oxygen atoms in total. The fraction of sp³-hybridized carbons (Fsp3) is 0.400. The molecule has 2 rings (SSSR count). The number of nitrogens with one attached hydrogen (secondary N) is 2. The molecule has 0 fully saturated rings. The fourth-order valence-corrected chi connectivity index (χ4v) is 2.33. The Morgan fingerprint density at radius 3 is 3.00 bits per heavy atom. The van der Waals surface area contributed by atoms with Gasteiger partial charge in [-0.1, -0.05) is 29.5 Å². The van der Waals surface area contributed by atoms with Crippen molar-refractivity contribution < 1.29 is 9.53 Å². The molecule has 0 spiro atoms. The number of aromatic amines is 1. The number of methoxy groups -OCH3 is 1. The fourth-order valence-electron chi connectivity index (χ4n) is 2.11. The molecule has 1 amide bonds. The molecular weight excluding hydrogens is 367 g/mol. The maximum Gasteiger partial charge on any atom is 0.232 e. The monoisotopic (exact) mass is 386 g/mol. The second-order valence-corrected chi connectivity index (χ2v) is 6.15. The van der Waals surface area contributed by atoms with Gasteiger partial charge in [-0.2, -0.15) is 0 Å². The van der Waals surface area contributed by atoms with Gasteiger partial charge in [-0.05, 0) is 36.6 Å². The van der Waals surface area contributed by atoms with Crippen LogP contribution in [0.5, 0.6) is 5.75 Å². The number of carbonyl (C=O) groups excluding carboxylic acids is 1. The Morgan fingerprint density at radius 2 is 2.30 bits per heavy atom. The number of benzene rings is 1. The summed E-state index contributed by atoms with van der Waals surface area (Å²) in [6.07, 6.45) is 3.67. The zero-order chi connectivity index (χ0) is 14.5. The van der Waals surface area contributed by atoms with Gasteiger partial charge in [-0.25, -0.2) is 0 Å². The van der Waals surface area contributed by atoms with E-state index in [9.17, 15) is 4.79 Å². The summed E-state index contributed by atoms with van der Waals surface area (Å²) >= 11 is 2.17. The Hall–Kier alpha value is -1.24. The van der Waals surface area contributed by atoms with E-state index in [2.05, 4.69) is 32.9 Å². The molecule has 108 valence electrons. The van der Waals surface area contributed by atoms with E-state index in [1.165, 1.54) is 5.56 Å².